The van der Waals surface area contributed by atoms with E-state index in [1.54, 1.807) is 19.2 Å². The second-order valence-corrected chi connectivity index (χ2v) is 6.02. The smallest absolute Gasteiger partial charge is 0.422 e. The van der Waals surface area contributed by atoms with Crippen LogP contribution in [0.1, 0.15) is 18.4 Å². The summed E-state index contributed by atoms with van der Waals surface area (Å²) in [6.45, 7) is 0.335. The molecule has 6 nitrogen and oxygen atoms in total. The summed E-state index contributed by atoms with van der Waals surface area (Å²) in [6.07, 6.45) is -1.83. The van der Waals surface area contributed by atoms with Crippen molar-refractivity contribution in [3.8, 4) is 5.88 Å². The van der Waals surface area contributed by atoms with Gasteiger partial charge in [-0.1, -0.05) is 6.07 Å². The number of nitrogens with zero attached hydrogens (tertiary/aromatic N) is 1. The summed E-state index contributed by atoms with van der Waals surface area (Å²) in [4.78, 5) is 16.5. The number of rotatable bonds is 7. The van der Waals surface area contributed by atoms with Crippen LogP contribution in [0.15, 0.2) is 18.3 Å². The first-order valence-corrected chi connectivity index (χ1v) is 7.98. The Morgan fingerprint density at radius 1 is 1.40 bits per heavy atom. The largest absolute Gasteiger partial charge is 0.468 e. The Balaban J connectivity index is 2.01. The number of piperidine rings is 1. The number of pyridine rings is 1. The van der Waals surface area contributed by atoms with Gasteiger partial charge in [-0.2, -0.15) is 13.2 Å². The van der Waals surface area contributed by atoms with Gasteiger partial charge in [0.25, 0.3) is 0 Å². The van der Waals surface area contributed by atoms with Gasteiger partial charge >= 0.3 is 6.18 Å². The maximum absolute atomic E-state index is 12.7. The van der Waals surface area contributed by atoms with Crippen LogP contribution < -0.4 is 15.4 Å². The molecule has 2 heterocycles. The van der Waals surface area contributed by atoms with E-state index < -0.39 is 18.2 Å². The highest BCUT2D eigenvalue weighted by atomic mass is 19.4. The van der Waals surface area contributed by atoms with Gasteiger partial charge in [0.05, 0.1) is 12.0 Å². The average molecular weight is 361 g/mol. The van der Waals surface area contributed by atoms with Crippen LogP contribution in [-0.2, 0) is 16.1 Å². The van der Waals surface area contributed by atoms with E-state index in [1.165, 1.54) is 6.20 Å². The maximum atomic E-state index is 12.7. The summed E-state index contributed by atoms with van der Waals surface area (Å²) in [7, 11) is 1.54. The third kappa shape index (κ3) is 5.57. The Morgan fingerprint density at radius 3 is 2.76 bits per heavy atom. The fraction of sp³-hybridized carbons (Fsp3) is 0.625. The van der Waals surface area contributed by atoms with E-state index in [0.717, 1.165) is 0 Å². The molecule has 1 aromatic rings. The van der Waals surface area contributed by atoms with E-state index in [0.29, 0.717) is 38.1 Å². The summed E-state index contributed by atoms with van der Waals surface area (Å²) >= 11 is 0. The van der Waals surface area contributed by atoms with Crippen molar-refractivity contribution in [3.63, 3.8) is 0 Å². The third-order valence-electron chi connectivity index (χ3n) is 4.12. The molecule has 0 unspecified atom stereocenters. The molecule has 0 aromatic carbocycles. The molecule has 1 saturated heterocycles. The first-order chi connectivity index (χ1) is 11.9. The SMILES string of the molecule is COCC1(C(=O)NCc2cccnc2OCC(F)(F)F)CCNCC1. The highest BCUT2D eigenvalue weighted by Crippen LogP contribution is 2.30. The molecular formula is C16H22F3N3O3. The van der Waals surface area contributed by atoms with E-state index in [4.69, 9.17) is 9.47 Å². The molecule has 1 aliphatic heterocycles. The van der Waals surface area contributed by atoms with E-state index in [-0.39, 0.29) is 18.3 Å². The molecule has 0 aliphatic carbocycles. The molecular weight excluding hydrogens is 339 g/mol. The minimum absolute atomic E-state index is 0.0404. The highest BCUT2D eigenvalue weighted by molar-refractivity contribution is 5.83. The lowest BCUT2D eigenvalue weighted by molar-refractivity contribution is -0.154. The van der Waals surface area contributed by atoms with Gasteiger partial charge in [-0.05, 0) is 32.0 Å². The van der Waals surface area contributed by atoms with Crippen molar-refractivity contribution in [2.24, 2.45) is 5.41 Å². The van der Waals surface area contributed by atoms with Crippen LogP contribution in [0.3, 0.4) is 0 Å². The molecule has 0 bridgehead atoms. The van der Waals surface area contributed by atoms with Gasteiger partial charge in [-0.25, -0.2) is 4.98 Å². The number of nitrogens with one attached hydrogen (secondary N) is 2. The first kappa shape index (κ1) is 19.5. The molecule has 1 aromatic heterocycles. The Kier molecular flexibility index (Phi) is 6.60. The van der Waals surface area contributed by atoms with Gasteiger partial charge in [-0.3, -0.25) is 4.79 Å². The standard InChI is InChI=1S/C16H22F3N3O3/c1-24-10-15(4-7-20-8-5-15)14(23)22-9-12-3-2-6-21-13(12)25-11-16(17,18)19/h2-3,6,20H,4-5,7-11H2,1H3,(H,22,23). The second-order valence-electron chi connectivity index (χ2n) is 6.02. The van der Waals surface area contributed by atoms with Crippen LogP contribution >= 0.6 is 0 Å². The summed E-state index contributed by atoms with van der Waals surface area (Å²) in [5.41, 5.74) is -0.239. The quantitative estimate of drug-likeness (QED) is 0.773. The highest BCUT2D eigenvalue weighted by Gasteiger charge is 2.39. The van der Waals surface area contributed by atoms with Gasteiger partial charge in [0, 0.05) is 25.4 Å². The van der Waals surface area contributed by atoms with E-state index in [2.05, 4.69) is 15.6 Å². The molecule has 1 aliphatic rings. The predicted octanol–water partition coefficient (Wildman–Crippen LogP) is 1.66. The molecule has 9 heteroatoms. The third-order valence-corrected chi connectivity index (χ3v) is 4.12. The molecule has 140 valence electrons. The van der Waals surface area contributed by atoms with Crippen molar-refractivity contribution < 1.29 is 27.4 Å². The molecule has 25 heavy (non-hydrogen) atoms. The van der Waals surface area contributed by atoms with E-state index in [1.807, 2.05) is 0 Å². The number of carbonyl (C=O) groups excluding carboxylic acids is 1. The zero-order valence-corrected chi connectivity index (χ0v) is 14.0. The van der Waals surface area contributed by atoms with Gasteiger partial charge in [0.15, 0.2) is 6.61 Å². The van der Waals surface area contributed by atoms with Crippen molar-refractivity contribution >= 4 is 5.91 Å². The average Bonchev–Trinajstić information content (AvgIpc) is 2.59. The number of ether oxygens (including phenoxy) is 2. The van der Waals surface area contributed by atoms with Gasteiger partial charge in [0.2, 0.25) is 11.8 Å². The van der Waals surface area contributed by atoms with Crippen LogP contribution in [0.4, 0.5) is 13.2 Å². The van der Waals surface area contributed by atoms with Crippen LogP contribution in [0.25, 0.3) is 0 Å². The summed E-state index contributed by atoms with van der Waals surface area (Å²) in [6, 6.07) is 3.15. The number of halogens is 3. The lowest BCUT2D eigenvalue weighted by atomic mass is 9.78. The number of hydrogen-bond donors (Lipinski definition) is 2. The molecule has 1 fully saturated rings. The fourth-order valence-electron chi connectivity index (χ4n) is 2.82. The lowest BCUT2D eigenvalue weighted by Gasteiger charge is -2.35. The van der Waals surface area contributed by atoms with E-state index in [9.17, 15) is 18.0 Å². The Bertz CT molecular complexity index is 570. The number of carbonyl (C=O) groups is 1. The number of aromatic nitrogens is 1. The monoisotopic (exact) mass is 361 g/mol. The molecule has 0 spiro atoms. The second kappa shape index (κ2) is 8.48. The number of amides is 1. The van der Waals surface area contributed by atoms with Gasteiger partial charge < -0.3 is 20.1 Å². The van der Waals surface area contributed by atoms with Crippen LogP contribution in [0, 0.1) is 5.41 Å². The molecule has 2 rings (SSSR count). The summed E-state index contributed by atoms with van der Waals surface area (Å²) in [5.74, 6) is -0.312. The van der Waals surface area contributed by atoms with Crippen molar-refractivity contribution in [3.05, 3.63) is 23.9 Å². The Labute approximate surface area is 144 Å². The molecule has 0 atom stereocenters. The normalized spacial score (nSPS) is 17.1. The van der Waals surface area contributed by atoms with Crippen molar-refractivity contribution in [1.29, 1.82) is 0 Å². The zero-order chi connectivity index (χ0) is 18.3. The predicted molar refractivity (Wildman–Crippen MR) is 84.0 cm³/mol. The van der Waals surface area contributed by atoms with Crippen molar-refractivity contribution in [1.82, 2.24) is 15.6 Å². The molecule has 0 saturated carbocycles. The van der Waals surface area contributed by atoms with Crippen LogP contribution in [-0.4, -0.2) is 50.5 Å². The van der Waals surface area contributed by atoms with E-state index >= 15 is 0 Å². The summed E-state index contributed by atoms with van der Waals surface area (Å²) in [5, 5.41) is 5.98. The lowest BCUT2D eigenvalue weighted by Crippen LogP contribution is -2.50. The topological polar surface area (TPSA) is 72.5 Å². The van der Waals surface area contributed by atoms with Gasteiger partial charge in [-0.15, -0.1) is 0 Å². The minimum Gasteiger partial charge on any atom is -0.468 e. The molecule has 2 N–H and O–H groups in total. The zero-order valence-electron chi connectivity index (χ0n) is 14.0. The fourth-order valence-corrected chi connectivity index (χ4v) is 2.82. The number of methoxy groups -OCH3 is 1. The van der Waals surface area contributed by atoms with Crippen molar-refractivity contribution in [2.45, 2.75) is 25.6 Å². The van der Waals surface area contributed by atoms with Crippen LogP contribution in [0.2, 0.25) is 0 Å². The van der Waals surface area contributed by atoms with Gasteiger partial charge in [0.1, 0.15) is 0 Å². The Hall–Kier alpha value is -1.87. The minimum atomic E-state index is -4.45. The molecule has 0 radical (unpaired) electrons. The Morgan fingerprint density at radius 2 is 2.12 bits per heavy atom. The maximum Gasteiger partial charge on any atom is 0.422 e. The van der Waals surface area contributed by atoms with Crippen molar-refractivity contribution in [2.75, 3.05) is 33.4 Å². The number of hydrogen-bond acceptors (Lipinski definition) is 5. The van der Waals surface area contributed by atoms with Crippen LogP contribution in [0.5, 0.6) is 5.88 Å². The summed E-state index contributed by atoms with van der Waals surface area (Å²) < 4.78 is 46.9. The molecule has 1 amide bonds. The number of alkyl halides is 3. The first-order valence-electron chi connectivity index (χ1n) is 7.98.